The van der Waals surface area contributed by atoms with E-state index in [0.717, 1.165) is 12.1 Å². The Bertz CT molecular complexity index is 1560. The lowest BCUT2D eigenvalue weighted by Crippen LogP contribution is -2.57. The fourth-order valence-electron chi connectivity index (χ4n) is 5.44. The molecule has 49 heavy (non-hydrogen) atoms. The molecule has 0 aliphatic rings. The van der Waals surface area contributed by atoms with E-state index in [9.17, 15) is 38.2 Å². The van der Waals surface area contributed by atoms with Crippen LogP contribution in [0.4, 0.5) is 8.78 Å². The quantitative estimate of drug-likeness (QED) is 0.137. The first kappa shape index (κ1) is 38.7. The van der Waals surface area contributed by atoms with Crippen molar-refractivity contribution in [3.05, 3.63) is 106 Å². The molecule has 0 unspecified atom stereocenters. The van der Waals surface area contributed by atoms with Crippen LogP contribution in [0, 0.1) is 11.6 Å². The Hall–Kier alpha value is -4.72. The summed E-state index contributed by atoms with van der Waals surface area (Å²) in [6, 6.07) is 12.1. The van der Waals surface area contributed by atoms with Crippen LogP contribution in [0.5, 0.6) is 0 Å². The van der Waals surface area contributed by atoms with Crippen molar-refractivity contribution in [2.45, 2.75) is 63.8 Å². The molecule has 0 saturated heterocycles. The minimum atomic E-state index is -1.81. The number of nitrogens with one attached hydrogen (secondary N) is 2. The van der Waals surface area contributed by atoms with Gasteiger partial charge in [-0.25, -0.2) is 8.78 Å². The third kappa shape index (κ3) is 11.2. The van der Waals surface area contributed by atoms with Crippen molar-refractivity contribution in [2.75, 3.05) is 26.8 Å². The number of carbonyl (C=O) groups excluding carboxylic acids is 4. The highest BCUT2D eigenvalue weighted by Crippen LogP contribution is 2.19. The Morgan fingerprint density at radius 1 is 0.776 bits per heavy atom. The van der Waals surface area contributed by atoms with Crippen LogP contribution < -0.4 is 16.4 Å². The average Bonchev–Trinajstić information content (AvgIpc) is 3.08. The SMILES string of the molecule is CCCN(CCC)C(=O)c1cc(C(N)=O)cc(C(=O)N[C@@H](Cc2cc(F)cc(F)c2)[C@@H](O)[C@H](O)[C@@H](CCOC)NC(=O)c2ccccc2)c1. The van der Waals surface area contributed by atoms with E-state index in [0.29, 0.717) is 37.6 Å². The van der Waals surface area contributed by atoms with Gasteiger partial charge in [0, 0.05) is 55.1 Å². The smallest absolute Gasteiger partial charge is 0.253 e. The molecule has 3 aromatic rings. The summed E-state index contributed by atoms with van der Waals surface area (Å²) in [6.45, 7) is 4.78. The minimum absolute atomic E-state index is 0.0379. The number of methoxy groups -OCH3 is 1. The lowest BCUT2D eigenvalue weighted by atomic mass is 9.92. The number of ether oxygens (including phenoxy) is 1. The van der Waals surface area contributed by atoms with Gasteiger partial charge in [-0.15, -0.1) is 0 Å². The molecule has 3 aromatic carbocycles. The van der Waals surface area contributed by atoms with Gasteiger partial charge >= 0.3 is 0 Å². The number of carbonyl (C=O) groups is 4. The van der Waals surface area contributed by atoms with Crippen LogP contribution in [0.25, 0.3) is 0 Å². The molecule has 0 aliphatic heterocycles. The molecule has 3 rings (SSSR count). The number of halogens is 2. The zero-order valence-electron chi connectivity index (χ0n) is 27.8. The molecule has 0 fully saturated rings. The van der Waals surface area contributed by atoms with E-state index in [-0.39, 0.29) is 41.7 Å². The number of hydrogen-bond donors (Lipinski definition) is 5. The number of aliphatic hydroxyl groups is 2. The molecule has 0 heterocycles. The average molecular weight is 683 g/mol. The zero-order valence-corrected chi connectivity index (χ0v) is 27.8. The van der Waals surface area contributed by atoms with E-state index in [1.807, 2.05) is 13.8 Å². The van der Waals surface area contributed by atoms with E-state index in [4.69, 9.17) is 10.5 Å². The molecule has 0 aromatic heterocycles. The highest BCUT2D eigenvalue weighted by molar-refractivity contribution is 6.04. The van der Waals surface area contributed by atoms with Crippen molar-refractivity contribution < 1.29 is 42.9 Å². The molecule has 4 amide bonds. The third-order valence-electron chi connectivity index (χ3n) is 7.86. The van der Waals surface area contributed by atoms with Crippen molar-refractivity contribution >= 4 is 23.6 Å². The fraction of sp³-hybridized carbons (Fsp3) is 0.389. The summed E-state index contributed by atoms with van der Waals surface area (Å²) < 4.78 is 33.5. The van der Waals surface area contributed by atoms with Crippen LogP contribution in [-0.2, 0) is 11.2 Å². The number of amides is 4. The van der Waals surface area contributed by atoms with Crippen molar-refractivity contribution in [2.24, 2.45) is 5.73 Å². The largest absolute Gasteiger partial charge is 0.388 e. The van der Waals surface area contributed by atoms with Gasteiger partial charge in [0.25, 0.3) is 17.7 Å². The Morgan fingerprint density at radius 2 is 1.31 bits per heavy atom. The molecule has 4 atom stereocenters. The van der Waals surface area contributed by atoms with Crippen molar-refractivity contribution in [3.8, 4) is 0 Å². The normalized spacial score (nSPS) is 13.5. The summed E-state index contributed by atoms with van der Waals surface area (Å²) >= 11 is 0. The van der Waals surface area contributed by atoms with Gasteiger partial charge in [0.2, 0.25) is 5.91 Å². The van der Waals surface area contributed by atoms with Crippen molar-refractivity contribution in [1.82, 2.24) is 15.5 Å². The molecule has 0 radical (unpaired) electrons. The van der Waals surface area contributed by atoms with E-state index in [1.165, 1.54) is 25.3 Å². The van der Waals surface area contributed by atoms with Gasteiger partial charge < -0.3 is 36.2 Å². The molecule has 0 aliphatic carbocycles. The number of hydrogen-bond acceptors (Lipinski definition) is 7. The van der Waals surface area contributed by atoms with E-state index in [1.54, 1.807) is 35.2 Å². The summed E-state index contributed by atoms with van der Waals surface area (Å²) in [5, 5.41) is 28.2. The van der Waals surface area contributed by atoms with Crippen LogP contribution in [0.15, 0.2) is 66.7 Å². The topological polar surface area (TPSA) is 171 Å². The summed E-state index contributed by atoms with van der Waals surface area (Å²) in [6.07, 6.45) is -2.47. The summed E-state index contributed by atoms with van der Waals surface area (Å²) in [4.78, 5) is 54.0. The summed E-state index contributed by atoms with van der Waals surface area (Å²) in [5.41, 5.74) is 5.65. The van der Waals surface area contributed by atoms with Gasteiger partial charge in [0.15, 0.2) is 0 Å². The summed E-state index contributed by atoms with van der Waals surface area (Å²) in [7, 11) is 1.42. The number of rotatable bonds is 18. The molecule has 0 spiro atoms. The molecular formula is C36H44F2N4O7. The second kappa shape index (κ2) is 18.7. The van der Waals surface area contributed by atoms with Crippen LogP contribution >= 0.6 is 0 Å². The van der Waals surface area contributed by atoms with Gasteiger partial charge in [-0.2, -0.15) is 0 Å². The molecule has 13 heteroatoms. The Kier molecular flexibility index (Phi) is 14.8. The molecule has 11 nitrogen and oxygen atoms in total. The highest BCUT2D eigenvalue weighted by atomic mass is 19.1. The first-order chi connectivity index (χ1) is 23.4. The standard InChI is InChI=1S/C36H44F2N4O7/c1-4-12-42(13-5-2)36(48)26-19-24(33(39)45)18-25(20-26)35(47)41-30(17-22-15-27(37)21-28(38)16-22)32(44)31(43)29(11-14-49-3)40-34(46)23-9-7-6-8-10-23/h6-10,15-16,18-21,29-32,43-44H,4-5,11-14,17H2,1-3H3,(H2,39,45)(H,40,46)(H,41,47)/t29-,30+,31-,32-/m1/s1. The highest BCUT2D eigenvalue weighted by Gasteiger charge is 2.35. The van der Waals surface area contributed by atoms with E-state index < -0.39 is 59.6 Å². The zero-order chi connectivity index (χ0) is 36.1. The Balaban J connectivity index is 2.00. The van der Waals surface area contributed by atoms with Gasteiger partial charge in [-0.1, -0.05) is 32.0 Å². The Labute approximate surface area is 284 Å². The van der Waals surface area contributed by atoms with Crippen LogP contribution in [0.1, 0.15) is 80.1 Å². The monoisotopic (exact) mass is 682 g/mol. The predicted molar refractivity (Wildman–Crippen MR) is 179 cm³/mol. The molecule has 264 valence electrons. The van der Waals surface area contributed by atoms with Gasteiger partial charge in [0.1, 0.15) is 23.8 Å². The lowest BCUT2D eigenvalue weighted by molar-refractivity contribution is -0.0269. The molecule has 6 N–H and O–H groups in total. The second-order valence-corrected chi connectivity index (χ2v) is 11.7. The van der Waals surface area contributed by atoms with Gasteiger partial charge in [-0.05, 0) is 73.7 Å². The number of aliphatic hydroxyl groups excluding tert-OH is 2. The van der Waals surface area contributed by atoms with E-state index >= 15 is 0 Å². The number of benzene rings is 3. The van der Waals surface area contributed by atoms with Crippen molar-refractivity contribution in [1.29, 1.82) is 0 Å². The van der Waals surface area contributed by atoms with Gasteiger partial charge in [0.05, 0.1) is 12.1 Å². The van der Waals surface area contributed by atoms with Gasteiger partial charge in [-0.3, -0.25) is 19.2 Å². The third-order valence-corrected chi connectivity index (χ3v) is 7.86. The number of primary amides is 1. The fourth-order valence-corrected chi connectivity index (χ4v) is 5.44. The Morgan fingerprint density at radius 3 is 1.88 bits per heavy atom. The molecule has 0 saturated carbocycles. The number of nitrogens with zero attached hydrogens (tertiary/aromatic N) is 1. The van der Waals surface area contributed by atoms with Crippen LogP contribution in [0.2, 0.25) is 0 Å². The maximum atomic E-state index is 14.2. The maximum Gasteiger partial charge on any atom is 0.253 e. The summed E-state index contributed by atoms with van der Waals surface area (Å²) in [5.74, 6) is -4.52. The maximum absolute atomic E-state index is 14.2. The van der Waals surface area contributed by atoms with Crippen LogP contribution in [0.3, 0.4) is 0 Å². The molecule has 0 bridgehead atoms. The number of nitrogens with two attached hydrogens (primary N) is 1. The predicted octanol–water partition coefficient (Wildman–Crippen LogP) is 3.22. The lowest BCUT2D eigenvalue weighted by Gasteiger charge is -2.33. The molecular weight excluding hydrogens is 638 g/mol. The van der Waals surface area contributed by atoms with Crippen molar-refractivity contribution in [3.63, 3.8) is 0 Å². The second-order valence-electron chi connectivity index (χ2n) is 11.7. The first-order valence-electron chi connectivity index (χ1n) is 16.1. The first-order valence-corrected chi connectivity index (χ1v) is 16.1. The van der Waals surface area contributed by atoms with Crippen LogP contribution in [-0.4, -0.2) is 89.8 Å². The van der Waals surface area contributed by atoms with E-state index in [2.05, 4.69) is 10.6 Å². The minimum Gasteiger partial charge on any atom is -0.388 e.